The number of anilines is 1. The predicted molar refractivity (Wildman–Crippen MR) is 153 cm³/mol. The smallest absolute Gasteiger partial charge is 0.357 e. The van der Waals surface area contributed by atoms with Crippen LogP contribution in [-0.4, -0.2) is 48.3 Å². The molecule has 0 aliphatic rings. The molecule has 212 valence electrons. The maximum absolute atomic E-state index is 14.1. The van der Waals surface area contributed by atoms with Gasteiger partial charge in [-0.2, -0.15) is 0 Å². The molecule has 1 amide bonds. The molecule has 3 aromatic rings. The van der Waals surface area contributed by atoms with Crippen molar-refractivity contribution < 1.29 is 33.0 Å². The number of aliphatic carboxylic acids is 1. The highest BCUT2D eigenvalue weighted by Crippen LogP contribution is 2.62. The zero-order valence-electron chi connectivity index (χ0n) is 22.5. The lowest BCUT2D eigenvalue weighted by molar-refractivity contribution is -0.137. The van der Waals surface area contributed by atoms with E-state index in [2.05, 4.69) is 10.6 Å². The van der Waals surface area contributed by atoms with Gasteiger partial charge in [-0.3, -0.25) is 14.2 Å². The van der Waals surface area contributed by atoms with Crippen molar-refractivity contribution in [3.05, 3.63) is 53.6 Å². The van der Waals surface area contributed by atoms with E-state index in [-0.39, 0.29) is 32.1 Å². The number of aryl methyl sites for hydroxylation is 1. The molecular formula is C27H36N3O7PS. The first-order chi connectivity index (χ1) is 18.8. The number of unbranched alkanes of at least 4 members (excludes halogenated alkanes) is 2. The summed E-state index contributed by atoms with van der Waals surface area (Å²) < 4.78 is 32.4. The molecule has 1 unspecified atom stereocenters. The maximum atomic E-state index is 14.1. The highest BCUT2D eigenvalue weighted by molar-refractivity contribution is 7.54. The molecular weight excluding hydrogens is 541 g/mol. The number of amides is 1. The number of carboxylic acids is 1. The largest absolute Gasteiger partial charge is 0.483 e. The molecule has 3 N–H and O–H groups in total. The molecule has 0 saturated heterocycles. The third-order valence-corrected chi connectivity index (χ3v) is 9.00. The van der Waals surface area contributed by atoms with Crippen LogP contribution in [0.2, 0.25) is 0 Å². The van der Waals surface area contributed by atoms with Crippen LogP contribution in [0.25, 0.3) is 10.2 Å². The van der Waals surface area contributed by atoms with Crippen LogP contribution in [0.5, 0.6) is 5.75 Å². The average Bonchev–Trinajstić information content (AvgIpc) is 3.33. The Morgan fingerprint density at radius 2 is 1.79 bits per heavy atom. The SMILES string of the molecule is CCOP(=O)(OCC)C(Nc1nc2c(C)cccc2s1)c1ccccc1OCC(=O)NCCCCCC(=O)O. The molecule has 12 heteroatoms. The third kappa shape index (κ3) is 8.76. The van der Waals surface area contributed by atoms with Gasteiger partial charge in [-0.15, -0.1) is 0 Å². The summed E-state index contributed by atoms with van der Waals surface area (Å²) in [6.45, 7) is 6.01. The lowest BCUT2D eigenvalue weighted by atomic mass is 10.2. The third-order valence-electron chi connectivity index (χ3n) is 5.78. The van der Waals surface area contributed by atoms with E-state index in [4.69, 9.17) is 23.9 Å². The van der Waals surface area contributed by atoms with E-state index in [0.717, 1.165) is 15.8 Å². The lowest BCUT2D eigenvalue weighted by Gasteiger charge is -2.28. The van der Waals surface area contributed by atoms with Gasteiger partial charge in [0.05, 0.1) is 23.4 Å². The molecule has 1 aromatic heterocycles. The minimum Gasteiger partial charge on any atom is -0.483 e. The number of aromatic nitrogens is 1. The van der Waals surface area contributed by atoms with Gasteiger partial charge in [0.1, 0.15) is 5.75 Å². The fourth-order valence-corrected chi connectivity index (χ4v) is 6.96. The number of ether oxygens (including phenoxy) is 1. The summed E-state index contributed by atoms with van der Waals surface area (Å²) >= 11 is 1.44. The Balaban J connectivity index is 1.79. The molecule has 0 saturated carbocycles. The van der Waals surface area contributed by atoms with Crippen LogP contribution in [0.15, 0.2) is 42.5 Å². The van der Waals surface area contributed by atoms with Crippen molar-refractivity contribution in [3.63, 3.8) is 0 Å². The monoisotopic (exact) mass is 577 g/mol. The number of carbonyl (C=O) groups excluding carboxylic acids is 1. The van der Waals surface area contributed by atoms with Gasteiger partial charge in [0, 0.05) is 18.5 Å². The number of thiazole rings is 1. The van der Waals surface area contributed by atoms with Crippen LogP contribution in [-0.2, 0) is 23.2 Å². The molecule has 0 radical (unpaired) electrons. The van der Waals surface area contributed by atoms with Crippen LogP contribution in [0.4, 0.5) is 5.13 Å². The minimum absolute atomic E-state index is 0.118. The number of benzene rings is 2. The summed E-state index contributed by atoms with van der Waals surface area (Å²) in [5.41, 5.74) is 2.40. The fourth-order valence-electron chi connectivity index (χ4n) is 3.98. The van der Waals surface area contributed by atoms with Gasteiger partial charge in [-0.1, -0.05) is 48.1 Å². The number of hydrogen-bond acceptors (Lipinski definition) is 9. The Bertz CT molecular complexity index is 1290. The van der Waals surface area contributed by atoms with E-state index >= 15 is 0 Å². The molecule has 0 bridgehead atoms. The Morgan fingerprint density at radius 1 is 1.05 bits per heavy atom. The van der Waals surface area contributed by atoms with Gasteiger partial charge in [0.15, 0.2) is 17.5 Å². The summed E-state index contributed by atoms with van der Waals surface area (Å²) in [7, 11) is -3.75. The van der Waals surface area contributed by atoms with E-state index < -0.39 is 19.3 Å². The van der Waals surface area contributed by atoms with Crippen LogP contribution < -0.4 is 15.4 Å². The van der Waals surface area contributed by atoms with Gasteiger partial charge < -0.3 is 29.5 Å². The second kappa shape index (κ2) is 15.0. The zero-order valence-corrected chi connectivity index (χ0v) is 24.2. The van der Waals surface area contributed by atoms with Crippen molar-refractivity contribution in [2.75, 3.05) is 31.7 Å². The molecule has 0 fully saturated rings. The number of nitrogens with zero attached hydrogens (tertiary/aromatic N) is 1. The molecule has 10 nitrogen and oxygen atoms in total. The standard InChI is InChI=1S/C27H36N3O7PS/c1-4-36-38(34,37-5-2)26(30-27-29-25-19(3)12-11-15-22(25)39-27)20-13-8-9-14-21(20)35-18-23(31)28-17-10-6-7-16-24(32)33/h8-9,11-15,26H,4-7,10,16-18H2,1-3H3,(H,28,31)(H,29,30)(H,32,33). The first-order valence-electron chi connectivity index (χ1n) is 13.0. The number of hydrogen-bond donors (Lipinski definition) is 3. The Morgan fingerprint density at radius 3 is 2.49 bits per heavy atom. The maximum Gasteiger partial charge on any atom is 0.357 e. The molecule has 3 rings (SSSR count). The summed E-state index contributed by atoms with van der Waals surface area (Å²) in [4.78, 5) is 27.7. The number of carboxylic acid groups (broad SMARTS) is 1. The number of rotatable bonds is 17. The van der Waals surface area contributed by atoms with Gasteiger partial charge in [-0.25, -0.2) is 4.98 Å². The molecule has 39 heavy (non-hydrogen) atoms. The molecule has 1 heterocycles. The predicted octanol–water partition coefficient (Wildman–Crippen LogP) is 6.12. The average molecular weight is 578 g/mol. The first-order valence-corrected chi connectivity index (χ1v) is 15.4. The van der Waals surface area contributed by atoms with E-state index in [1.807, 2.05) is 25.1 Å². The van der Waals surface area contributed by atoms with Crippen molar-refractivity contribution in [1.82, 2.24) is 10.3 Å². The number of carbonyl (C=O) groups is 2. The molecule has 0 spiro atoms. The quantitative estimate of drug-likeness (QED) is 0.128. The number of fused-ring (bicyclic) bond motifs is 1. The van der Waals surface area contributed by atoms with Crippen molar-refractivity contribution in [1.29, 1.82) is 0 Å². The summed E-state index contributed by atoms with van der Waals surface area (Å²) in [6.07, 6.45) is 2.07. The summed E-state index contributed by atoms with van der Waals surface area (Å²) in [5.74, 6) is -1.71. The van der Waals surface area contributed by atoms with Crippen LogP contribution >= 0.6 is 18.9 Å². The van der Waals surface area contributed by atoms with Crippen molar-refractivity contribution in [2.24, 2.45) is 0 Å². The second-order valence-corrected chi connectivity index (χ2v) is 11.9. The normalized spacial score (nSPS) is 12.3. The van der Waals surface area contributed by atoms with Gasteiger partial charge in [0.2, 0.25) is 0 Å². The van der Waals surface area contributed by atoms with E-state index in [1.54, 1.807) is 38.1 Å². The van der Waals surface area contributed by atoms with Crippen LogP contribution in [0.1, 0.15) is 56.4 Å². The molecule has 2 aromatic carbocycles. The molecule has 0 aliphatic carbocycles. The van der Waals surface area contributed by atoms with E-state index in [9.17, 15) is 14.2 Å². The number of nitrogens with one attached hydrogen (secondary N) is 2. The van der Waals surface area contributed by atoms with Crippen molar-refractivity contribution in [2.45, 2.75) is 52.2 Å². The highest BCUT2D eigenvalue weighted by Gasteiger charge is 2.39. The Labute approximate surface area is 232 Å². The zero-order chi connectivity index (χ0) is 28.3. The minimum atomic E-state index is -3.75. The second-order valence-electron chi connectivity index (χ2n) is 8.74. The Hall–Kier alpha value is -2.98. The summed E-state index contributed by atoms with van der Waals surface area (Å²) in [5, 5.41) is 15.3. The molecule has 1 atom stereocenters. The van der Waals surface area contributed by atoms with Gasteiger partial charge >= 0.3 is 13.6 Å². The van der Waals surface area contributed by atoms with Gasteiger partial charge in [-0.05, 0) is 51.3 Å². The lowest BCUT2D eigenvalue weighted by Crippen LogP contribution is -2.30. The van der Waals surface area contributed by atoms with Crippen molar-refractivity contribution in [3.8, 4) is 5.75 Å². The first kappa shape index (κ1) is 30.6. The van der Waals surface area contributed by atoms with Crippen LogP contribution in [0.3, 0.4) is 0 Å². The van der Waals surface area contributed by atoms with Gasteiger partial charge in [0.25, 0.3) is 5.91 Å². The molecule has 0 aliphatic heterocycles. The van der Waals surface area contributed by atoms with Crippen LogP contribution in [0, 0.1) is 6.92 Å². The topological polar surface area (TPSA) is 136 Å². The van der Waals surface area contributed by atoms with E-state index in [0.29, 0.717) is 42.3 Å². The van der Waals surface area contributed by atoms with Crippen molar-refractivity contribution >= 4 is 46.2 Å². The Kier molecular flexibility index (Phi) is 11.7. The summed E-state index contributed by atoms with van der Waals surface area (Å²) in [6, 6.07) is 12.9. The van der Waals surface area contributed by atoms with E-state index in [1.165, 1.54) is 11.3 Å². The fraction of sp³-hybridized carbons (Fsp3) is 0.444. The highest BCUT2D eigenvalue weighted by atomic mass is 32.1. The number of para-hydroxylation sites is 2.